The third-order valence-electron chi connectivity index (χ3n) is 3.37. The minimum Gasteiger partial charge on any atom is -0.506 e. The van der Waals surface area contributed by atoms with Crippen LogP contribution in [0.25, 0.3) is 0 Å². The van der Waals surface area contributed by atoms with Crippen molar-refractivity contribution in [1.29, 1.82) is 0 Å². The van der Waals surface area contributed by atoms with Gasteiger partial charge in [-0.25, -0.2) is 0 Å². The maximum Gasteiger partial charge on any atom is 0.265 e. The topological polar surface area (TPSA) is 78.4 Å². The number of rotatable bonds is 4. The second kappa shape index (κ2) is 7.38. The Morgan fingerprint density at radius 1 is 0.920 bits per heavy atom. The van der Waals surface area contributed by atoms with Gasteiger partial charge in [0.2, 0.25) is 0 Å². The molecule has 3 rings (SSSR count). The van der Waals surface area contributed by atoms with Gasteiger partial charge in [-0.05, 0) is 41.8 Å². The van der Waals surface area contributed by atoms with Crippen LogP contribution in [0.4, 0.5) is 11.4 Å². The molecule has 25 heavy (non-hydrogen) atoms. The predicted octanol–water partition coefficient (Wildman–Crippen LogP) is 4.61. The molecule has 1 aromatic heterocycles. The molecule has 0 saturated carbocycles. The van der Waals surface area contributed by atoms with E-state index in [4.69, 9.17) is 11.6 Å². The maximum atomic E-state index is 12.4. The number of phenols is 1. The number of carbonyl (C=O) groups is 2. The molecule has 1 heterocycles. The van der Waals surface area contributed by atoms with Crippen LogP contribution in [0.1, 0.15) is 20.0 Å². The van der Waals surface area contributed by atoms with Crippen LogP contribution in [-0.4, -0.2) is 16.9 Å². The number of phenolic OH excluding ortho intramolecular Hbond substituents is 1. The van der Waals surface area contributed by atoms with Crippen molar-refractivity contribution < 1.29 is 14.7 Å². The minimum absolute atomic E-state index is 0.0314. The average molecular weight is 373 g/mol. The highest BCUT2D eigenvalue weighted by atomic mass is 35.5. The van der Waals surface area contributed by atoms with Gasteiger partial charge in [0.15, 0.2) is 0 Å². The maximum absolute atomic E-state index is 12.4. The monoisotopic (exact) mass is 372 g/mol. The molecule has 5 nitrogen and oxygen atoms in total. The number of hydrogen-bond donors (Lipinski definition) is 3. The Morgan fingerprint density at radius 2 is 1.68 bits per heavy atom. The second-order valence-corrected chi connectivity index (χ2v) is 6.45. The fourth-order valence-electron chi connectivity index (χ4n) is 2.13. The number of thiophene rings is 1. The van der Waals surface area contributed by atoms with Gasteiger partial charge >= 0.3 is 0 Å². The smallest absolute Gasteiger partial charge is 0.265 e. The van der Waals surface area contributed by atoms with Crippen LogP contribution < -0.4 is 10.6 Å². The number of carbonyl (C=O) groups excluding carboxylic acids is 2. The third-order valence-corrected chi connectivity index (χ3v) is 4.57. The van der Waals surface area contributed by atoms with Gasteiger partial charge in [-0.3, -0.25) is 9.59 Å². The van der Waals surface area contributed by atoms with E-state index in [9.17, 15) is 14.7 Å². The van der Waals surface area contributed by atoms with E-state index >= 15 is 0 Å². The lowest BCUT2D eigenvalue weighted by molar-refractivity contribution is 0.101. The summed E-state index contributed by atoms with van der Waals surface area (Å²) in [5.41, 5.74) is 0.936. The van der Waals surface area contributed by atoms with Crippen LogP contribution in [-0.2, 0) is 0 Å². The van der Waals surface area contributed by atoms with E-state index in [0.717, 1.165) is 0 Å². The summed E-state index contributed by atoms with van der Waals surface area (Å²) in [5, 5.41) is 17.2. The van der Waals surface area contributed by atoms with Gasteiger partial charge in [0.25, 0.3) is 11.8 Å². The second-order valence-electron chi connectivity index (χ2n) is 5.10. The predicted molar refractivity (Wildman–Crippen MR) is 99.8 cm³/mol. The van der Waals surface area contributed by atoms with E-state index < -0.39 is 5.91 Å². The van der Waals surface area contributed by atoms with Crippen molar-refractivity contribution in [3.63, 3.8) is 0 Å². The Morgan fingerprint density at radius 3 is 2.40 bits per heavy atom. The van der Waals surface area contributed by atoms with Crippen LogP contribution in [0.2, 0.25) is 5.02 Å². The molecule has 0 unspecified atom stereocenters. The third kappa shape index (κ3) is 3.99. The quantitative estimate of drug-likeness (QED) is 0.585. The van der Waals surface area contributed by atoms with E-state index in [0.29, 0.717) is 26.8 Å². The van der Waals surface area contributed by atoms with Crippen LogP contribution in [0.15, 0.2) is 60.0 Å². The first-order valence-electron chi connectivity index (χ1n) is 7.28. The van der Waals surface area contributed by atoms with Gasteiger partial charge in [-0.15, -0.1) is 11.3 Å². The fraction of sp³-hybridized carbons (Fsp3) is 0. The Hall–Kier alpha value is -2.83. The van der Waals surface area contributed by atoms with Gasteiger partial charge in [0.05, 0.1) is 21.3 Å². The largest absolute Gasteiger partial charge is 0.506 e. The summed E-state index contributed by atoms with van der Waals surface area (Å²) in [4.78, 5) is 25.1. The number of halogens is 1. The molecule has 126 valence electrons. The molecule has 0 aliphatic heterocycles. The highest BCUT2D eigenvalue weighted by Crippen LogP contribution is 2.26. The normalized spacial score (nSPS) is 10.3. The van der Waals surface area contributed by atoms with Crippen LogP contribution >= 0.6 is 22.9 Å². The Labute approximate surface area is 152 Å². The van der Waals surface area contributed by atoms with Crippen LogP contribution in [0.5, 0.6) is 5.75 Å². The van der Waals surface area contributed by atoms with Crippen molar-refractivity contribution in [3.05, 3.63) is 75.4 Å². The van der Waals surface area contributed by atoms with Gasteiger partial charge in [0.1, 0.15) is 5.75 Å². The van der Waals surface area contributed by atoms with E-state index in [1.807, 2.05) is 0 Å². The fourth-order valence-corrected chi connectivity index (χ4v) is 2.91. The van der Waals surface area contributed by atoms with Crippen molar-refractivity contribution in [2.24, 2.45) is 0 Å². The molecule has 2 amide bonds. The molecule has 0 spiro atoms. The van der Waals surface area contributed by atoms with Crippen molar-refractivity contribution in [2.75, 3.05) is 10.6 Å². The van der Waals surface area contributed by atoms with Gasteiger partial charge in [-0.1, -0.05) is 29.8 Å². The van der Waals surface area contributed by atoms with Gasteiger partial charge < -0.3 is 15.7 Å². The molecule has 7 heteroatoms. The van der Waals surface area contributed by atoms with E-state index in [-0.39, 0.29) is 11.7 Å². The number of nitrogens with one attached hydrogen (secondary N) is 2. The molecule has 3 N–H and O–H groups in total. The highest BCUT2D eigenvalue weighted by Gasteiger charge is 2.14. The Kier molecular flexibility index (Phi) is 5.02. The number of anilines is 2. The van der Waals surface area contributed by atoms with Crippen molar-refractivity contribution in [2.45, 2.75) is 0 Å². The summed E-state index contributed by atoms with van der Waals surface area (Å²) in [5.74, 6) is -0.754. The zero-order valence-corrected chi connectivity index (χ0v) is 14.4. The lowest BCUT2D eigenvalue weighted by Crippen LogP contribution is -2.14. The molecule has 0 radical (unpaired) electrons. The summed E-state index contributed by atoms with van der Waals surface area (Å²) >= 11 is 7.42. The summed E-state index contributed by atoms with van der Waals surface area (Å²) in [6, 6.07) is 14.5. The summed E-state index contributed by atoms with van der Waals surface area (Å²) in [7, 11) is 0. The minimum atomic E-state index is -0.426. The van der Waals surface area contributed by atoms with Crippen LogP contribution in [0, 0.1) is 0 Å². The molecular formula is C18H13ClN2O3S. The van der Waals surface area contributed by atoms with Crippen molar-refractivity contribution in [1.82, 2.24) is 0 Å². The molecule has 0 fully saturated rings. The number of hydrogen-bond acceptors (Lipinski definition) is 4. The highest BCUT2D eigenvalue weighted by molar-refractivity contribution is 7.12. The number of amides is 2. The van der Waals surface area contributed by atoms with Gasteiger partial charge in [0, 0.05) is 5.56 Å². The van der Waals surface area contributed by atoms with Crippen LogP contribution in [0.3, 0.4) is 0 Å². The Balaban J connectivity index is 1.80. The molecule has 2 aromatic carbocycles. The lowest BCUT2D eigenvalue weighted by Gasteiger charge is -2.10. The molecule has 0 bridgehead atoms. The lowest BCUT2D eigenvalue weighted by atomic mass is 10.1. The summed E-state index contributed by atoms with van der Waals surface area (Å²) < 4.78 is 0. The summed E-state index contributed by atoms with van der Waals surface area (Å²) in [6.45, 7) is 0. The molecule has 0 aliphatic carbocycles. The molecule has 3 aromatic rings. The SMILES string of the molecule is O=C(Nc1ccccc1O)c1ccc(Cl)c(NC(=O)c2cccs2)c1. The molecule has 0 saturated heterocycles. The standard InChI is InChI=1S/C18H13ClN2O3S/c19-12-8-7-11(17(23)20-13-4-1-2-5-15(13)22)10-14(12)21-18(24)16-6-3-9-25-16/h1-10,22H,(H,20,23)(H,21,24). The Bertz CT molecular complexity index is 926. The molecule has 0 aliphatic rings. The zero-order chi connectivity index (χ0) is 17.8. The zero-order valence-electron chi connectivity index (χ0n) is 12.8. The van der Waals surface area contributed by atoms with E-state index in [1.165, 1.54) is 29.5 Å². The molecular weight excluding hydrogens is 360 g/mol. The number of benzene rings is 2. The molecule has 0 atom stereocenters. The summed E-state index contributed by atoms with van der Waals surface area (Å²) in [6.07, 6.45) is 0. The van der Waals surface area contributed by atoms with Gasteiger partial charge in [-0.2, -0.15) is 0 Å². The van der Waals surface area contributed by atoms with Crippen molar-refractivity contribution in [3.8, 4) is 5.75 Å². The number of aromatic hydroxyl groups is 1. The van der Waals surface area contributed by atoms with E-state index in [2.05, 4.69) is 10.6 Å². The number of para-hydroxylation sites is 2. The van der Waals surface area contributed by atoms with Crippen molar-refractivity contribution >= 4 is 46.1 Å². The first-order valence-corrected chi connectivity index (χ1v) is 8.54. The average Bonchev–Trinajstić information content (AvgIpc) is 3.13. The van der Waals surface area contributed by atoms with E-state index in [1.54, 1.807) is 41.8 Å². The first-order chi connectivity index (χ1) is 12.0. The first kappa shape index (κ1) is 17.0.